The van der Waals surface area contributed by atoms with Crippen LogP contribution in [0.2, 0.25) is 15.1 Å². The zero-order valence-corrected chi connectivity index (χ0v) is 22.8. The first-order valence-corrected chi connectivity index (χ1v) is 13.7. The van der Waals surface area contributed by atoms with Crippen molar-refractivity contribution >= 4 is 62.3 Å². The lowest BCUT2D eigenvalue weighted by atomic mass is 10.1. The molecule has 1 N–H and O–H groups in total. The molecule has 2 amide bonds. The van der Waals surface area contributed by atoms with Gasteiger partial charge in [0.25, 0.3) is 0 Å². The highest BCUT2D eigenvalue weighted by atomic mass is 35.5. The highest BCUT2D eigenvalue weighted by Crippen LogP contribution is 2.35. The number of nitrogens with one attached hydrogen (secondary N) is 1. The largest absolute Gasteiger partial charge is 0.352 e. The van der Waals surface area contributed by atoms with E-state index in [-0.39, 0.29) is 38.9 Å². The number of rotatable bonds is 10. The molecule has 12 heteroatoms. The first-order valence-electron chi connectivity index (χ1n) is 10.7. The van der Waals surface area contributed by atoms with Crippen molar-refractivity contribution in [2.45, 2.75) is 45.8 Å². The van der Waals surface area contributed by atoms with Crippen molar-refractivity contribution in [3.05, 3.63) is 62.8 Å². The Balaban J connectivity index is 2.47. The molecule has 2 aromatic rings. The first-order chi connectivity index (χ1) is 16.3. The van der Waals surface area contributed by atoms with Crippen molar-refractivity contribution in [2.24, 2.45) is 0 Å². The molecule has 0 aromatic heterocycles. The summed E-state index contributed by atoms with van der Waals surface area (Å²) in [5.41, 5.74) is 0.113. The monoisotopic (exact) mass is 565 g/mol. The molecule has 7 nitrogen and oxygen atoms in total. The summed E-state index contributed by atoms with van der Waals surface area (Å²) < 4.78 is 40.4. The Labute approximate surface area is 220 Å². The van der Waals surface area contributed by atoms with Crippen LogP contribution in [0, 0.1) is 5.82 Å². The van der Waals surface area contributed by atoms with Gasteiger partial charge in [0.15, 0.2) is 0 Å². The van der Waals surface area contributed by atoms with Gasteiger partial charge in [0.05, 0.1) is 27.0 Å². The smallest absolute Gasteiger partial charge is 0.244 e. The number of carbonyl (C=O) groups excluding carboxylic acids is 2. The van der Waals surface area contributed by atoms with Crippen LogP contribution in [0.25, 0.3) is 0 Å². The summed E-state index contributed by atoms with van der Waals surface area (Å²) in [5, 5.41) is 2.90. The molecular weight excluding hydrogens is 540 g/mol. The normalized spacial score (nSPS) is 13.1. The molecule has 192 valence electrons. The quantitative estimate of drug-likeness (QED) is 0.415. The summed E-state index contributed by atoms with van der Waals surface area (Å²) in [6.07, 6.45) is 1.57. The number of anilines is 1. The topological polar surface area (TPSA) is 86.8 Å². The SMILES string of the molecule is CC[C@H](C)NC(=O)[C@H](C)N(Cc1ccccc1F)C(=O)CN(c1cc(Cl)c(Cl)cc1Cl)S(C)(=O)=O. The van der Waals surface area contributed by atoms with E-state index >= 15 is 0 Å². The second kappa shape index (κ2) is 12.3. The minimum Gasteiger partial charge on any atom is -0.352 e. The van der Waals surface area contributed by atoms with E-state index in [1.165, 1.54) is 37.3 Å². The van der Waals surface area contributed by atoms with Gasteiger partial charge in [-0.15, -0.1) is 0 Å². The van der Waals surface area contributed by atoms with E-state index in [0.29, 0.717) is 6.42 Å². The molecule has 0 spiro atoms. The fourth-order valence-corrected chi connectivity index (χ4v) is 4.70. The third-order valence-electron chi connectivity index (χ3n) is 5.40. The van der Waals surface area contributed by atoms with Gasteiger partial charge in [-0.05, 0) is 38.5 Å². The minimum absolute atomic E-state index is 0.0386. The molecule has 0 aliphatic carbocycles. The standard InChI is InChI=1S/C23H27Cl3FN3O4S/c1-5-14(2)28-23(32)15(3)29(12-16-8-6-7-9-20(16)27)22(31)13-30(35(4,33)34)21-11-18(25)17(24)10-19(21)26/h6-11,14-15H,5,12-13H2,1-4H3,(H,28,32)/t14-,15-/m0/s1. The number of amides is 2. The molecule has 0 aliphatic heterocycles. The second-order valence-corrected chi connectivity index (χ2v) is 11.2. The Kier molecular flexibility index (Phi) is 10.2. The first kappa shape index (κ1) is 29.2. The van der Waals surface area contributed by atoms with E-state index in [1.54, 1.807) is 6.07 Å². The van der Waals surface area contributed by atoms with E-state index in [0.717, 1.165) is 15.5 Å². The third kappa shape index (κ3) is 7.70. The van der Waals surface area contributed by atoms with Gasteiger partial charge in [0, 0.05) is 18.2 Å². The van der Waals surface area contributed by atoms with Crippen molar-refractivity contribution in [2.75, 3.05) is 17.1 Å². The number of nitrogens with zero attached hydrogens (tertiary/aromatic N) is 2. The maximum Gasteiger partial charge on any atom is 0.244 e. The Morgan fingerprint density at radius 2 is 1.66 bits per heavy atom. The van der Waals surface area contributed by atoms with Crippen molar-refractivity contribution in [1.82, 2.24) is 10.2 Å². The van der Waals surface area contributed by atoms with Gasteiger partial charge < -0.3 is 10.2 Å². The molecule has 35 heavy (non-hydrogen) atoms. The molecule has 0 saturated heterocycles. The van der Waals surface area contributed by atoms with Crippen LogP contribution in [0.15, 0.2) is 36.4 Å². The summed E-state index contributed by atoms with van der Waals surface area (Å²) in [4.78, 5) is 27.4. The van der Waals surface area contributed by atoms with Crippen LogP contribution in [0.4, 0.5) is 10.1 Å². The summed E-state index contributed by atoms with van der Waals surface area (Å²) in [6, 6.07) is 7.15. The van der Waals surface area contributed by atoms with E-state index in [1.807, 2.05) is 13.8 Å². The fraction of sp³-hybridized carbons (Fsp3) is 0.391. The van der Waals surface area contributed by atoms with Crippen molar-refractivity contribution in [3.63, 3.8) is 0 Å². The molecule has 0 heterocycles. The van der Waals surface area contributed by atoms with Gasteiger partial charge in [-0.1, -0.05) is 59.9 Å². The Morgan fingerprint density at radius 3 is 2.23 bits per heavy atom. The van der Waals surface area contributed by atoms with Crippen LogP contribution in [-0.4, -0.2) is 50.0 Å². The van der Waals surface area contributed by atoms with E-state index in [2.05, 4.69) is 5.32 Å². The van der Waals surface area contributed by atoms with Gasteiger partial charge in [-0.3, -0.25) is 13.9 Å². The predicted molar refractivity (Wildman–Crippen MR) is 138 cm³/mol. The molecule has 0 radical (unpaired) electrons. The lowest BCUT2D eigenvalue weighted by Crippen LogP contribution is -2.52. The van der Waals surface area contributed by atoms with Gasteiger partial charge in [-0.2, -0.15) is 0 Å². The number of carbonyl (C=O) groups is 2. The summed E-state index contributed by atoms with van der Waals surface area (Å²) in [6.45, 7) is 4.24. The highest BCUT2D eigenvalue weighted by Gasteiger charge is 2.31. The summed E-state index contributed by atoms with van der Waals surface area (Å²) in [5.74, 6) is -1.76. The van der Waals surface area contributed by atoms with Gasteiger partial charge in [-0.25, -0.2) is 12.8 Å². The molecule has 0 fully saturated rings. The van der Waals surface area contributed by atoms with E-state index < -0.39 is 40.2 Å². The average molecular weight is 567 g/mol. The van der Waals surface area contributed by atoms with Gasteiger partial charge in [0.1, 0.15) is 18.4 Å². The zero-order chi connectivity index (χ0) is 26.5. The van der Waals surface area contributed by atoms with Crippen LogP contribution in [0.5, 0.6) is 0 Å². The maximum absolute atomic E-state index is 14.4. The number of benzene rings is 2. The molecule has 2 atom stereocenters. The Morgan fingerprint density at radius 1 is 1.06 bits per heavy atom. The zero-order valence-electron chi connectivity index (χ0n) is 19.7. The molecule has 2 rings (SSSR count). The minimum atomic E-state index is -4.02. The molecule has 0 saturated carbocycles. The Bertz CT molecular complexity index is 1200. The number of halogens is 4. The van der Waals surface area contributed by atoms with Crippen LogP contribution < -0.4 is 9.62 Å². The Hall–Kier alpha value is -2.07. The van der Waals surface area contributed by atoms with E-state index in [4.69, 9.17) is 34.8 Å². The van der Waals surface area contributed by atoms with Crippen molar-refractivity contribution < 1.29 is 22.4 Å². The maximum atomic E-state index is 14.4. The van der Waals surface area contributed by atoms with Gasteiger partial charge in [0.2, 0.25) is 21.8 Å². The lowest BCUT2D eigenvalue weighted by Gasteiger charge is -2.32. The van der Waals surface area contributed by atoms with Crippen LogP contribution in [-0.2, 0) is 26.2 Å². The molecule has 0 bridgehead atoms. The summed E-state index contributed by atoms with van der Waals surface area (Å²) in [7, 11) is -4.02. The molecule has 0 unspecified atom stereocenters. The summed E-state index contributed by atoms with van der Waals surface area (Å²) >= 11 is 18.2. The predicted octanol–water partition coefficient (Wildman–Crippen LogP) is 4.88. The molecule has 0 aliphatic rings. The third-order valence-corrected chi connectivity index (χ3v) is 7.56. The highest BCUT2D eigenvalue weighted by molar-refractivity contribution is 7.92. The average Bonchev–Trinajstić information content (AvgIpc) is 2.78. The second-order valence-electron chi connectivity index (χ2n) is 8.09. The van der Waals surface area contributed by atoms with Crippen LogP contribution >= 0.6 is 34.8 Å². The van der Waals surface area contributed by atoms with Gasteiger partial charge >= 0.3 is 0 Å². The number of sulfonamides is 1. The molecular formula is C23H27Cl3FN3O4S. The van der Waals surface area contributed by atoms with Crippen LogP contribution in [0.3, 0.4) is 0 Å². The molecule has 2 aromatic carbocycles. The fourth-order valence-electron chi connectivity index (χ4n) is 3.16. The van der Waals surface area contributed by atoms with Crippen LogP contribution in [0.1, 0.15) is 32.8 Å². The number of hydrogen-bond donors (Lipinski definition) is 1. The van der Waals surface area contributed by atoms with Crippen molar-refractivity contribution in [3.8, 4) is 0 Å². The van der Waals surface area contributed by atoms with Crippen molar-refractivity contribution in [1.29, 1.82) is 0 Å². The number of hydrogen-bond acceptors (Lipinski definition) is 4. The van der Waals surface area contributed by atoms with E-state index in [9.17, 15) is 22.4 Å². The lowest BCUT2D eigenvalue weighted by molar-refractivity contribution is -0.139.